The van der Waals surface area contributed by atoms with Gasteiger partial charge < -0.3 is 45.8 Å². The van der Waals surface area contributed by atoms with Crippen LogP contribution in [0.15, 0.2) is 0 Å². The molecule has 0 saturated heterocycles. The predicted octanol–water partition coefficient (Wildman–Crippen LogP) is -1.36. The zero-order chi connectivity index (χ0) is 26.0. The topological polar surface area (TPSA) is 189 Å². The molecule has 0 heterocycles. The zero-order valence-electron chi connectivity index (χ0n) is 18.1. The highest BCUT2D eigenvalue weighted by molar-refractivity contribution is 14.1. The highest BCUT2D eigenvalue weighted by Crippen LogP contribution is 2.38. The molecule has 15 heteroatoms. The standard InChI is InChI=1S/C19H26I3N3O9/c1-34-8-11(31)25(2-3-26)17-15(21)12(18(32)23-4-9(29)6-27)14(20)13(16(17)22)19(33)24-5-10(30)7-28/h9-10,26-30H,2-8H2,1H3,(H,23,32)(H,24,33). The van der Waals surface area contributed by atoms with Gasteiger partial charge in [0.1, 0.15) is 6.61 Å². The van der Waals surface area contributed by atoms with Gasteiger partial charge >= 0.3 is 0 Å². The van der Waals surface area contributed by atoms with Gasteiger partial charge in [0.15, 0.2) is 0 Å². The van der Waals surface area contributed by atoms with Gasteiger partial charge in [-0.1, -0.05) is 0 Å². The third-order valence-corrected chi connectivity index (χ3v) is 7.51. The number of methoxy groups -OCH3 is 1. The first-order valence-electron chi connectivity index (χ1n) is 9.80. The summed E-state index contributed by atoms with van der Waals surface area (Å²) in [6, 6.07) is 0. The van der Waals surface area contributed by atoms with Gasteiger partial charge in [0.05, 0.1) is 56.0 Å². The summed E-state index contributed by atoms with van der Waals surface area (Å²) in [5.41, 5.74) is 0.295. The van der Waals surface area contributed by atoms with Crippen LogP contribution in [-0.4, -0.2) is 109 Å². The Balaban J connectivity index is 3.72. The van der Waals surface area contributed by atoms with Crippen molar-refractivity contribution >= 4 is 91.2 Å². The van der Waals surface area contributed by atoms with Crippen molar-refractivity contribution in [3.05, 3.63) is 21.8 Å². The van der Waals surface area contributed by atoms with Crippen LogP contribution in [0, 0.1) is 10.7 Å². The number of hydrogen-bond donors (Lipinski definition) is 7. The van der Waals surface area contributed by atoms with Crippen LogP contribution in [-0.2, 0) is 9.53 Å². The molecule has 1 aromatic carbocycles. The number of benzene rings is 1. The zero-order valence-corrected chi connectivity index (χ0v) is 24.5. The largest absolute Gasteiger partial charge is 0.395 e. The Morgan fingerprint density at radius 1 is 0.882 bits per heavy atom. The maximum Gasteiger partial charge on any atom is 0.253 e. The number of carbonyl (C=O) groups excluding carboxylic acids is 3. The van der Waals surface area contributed by atoms with Crippen LogP contribution in [0.4, 0.5) is 5.69 Å². The van der Waals surface area contributed by atoms with Gasteiger partial charge in [0.25, 0.3) is 17.7 Å². The summed E-state index contributed by atoms with van der Waals surface area (Å²) in [5.74, 6) is -1.84. The fourth-order valence-electron chi connectivity index (χ4n) is 2.68. The molecule has 0 aliphatic rings. The molecule has 3 amide bonds. The molecule has 2 atom stereocenters. The molecule has 0 radical (unpaired) electrons. The third kappa shape index (κ3) is 8.32. The van der Waals surface area contributed by atoms with E-state index >= 15 is 0 Å². The molecule has 0 fully saturated rings. The molecule has 34 heavy (non-hydrogen) atoms. The summed E-state index contributed by atoms with van der Waals surface area (Å²) >= 11 is 5.55. The Morgan fingerprint density at radius 2 is 1.32 bits per heavy atom. The van der Waals surface area contributed by atoms with Crippen LogP contribution < -0.4 is 15.5 Å². The summed E-state index contributed by atoms with van der Waals surface area (Å²) < 4.78 is 5.79. The van der Waals surface area contributed by atoms with E-state index in [0.29, 0.717) is 7.14 Å². The van der Waals surface area contributed by atoms with Crippen molar-refractivity contribution < 1.29 is 44.7 Å². The van der Waals surface area contributed by atoms with Crippen LogP contribution in [0.25, 0.3) is 0 Å². The number of aliphatic hydroxyl groups excluding tert-OH is 5. The van der Waals surface area contributed by atoms with Gasteiger partial charge in [0, 0.05) is 30.3 Å². The summed E-state index contributed by atoms with van der Waals surface area (Å²) in [7, 11) is 1.33. The normalized spacial score (nSPS) is 12.7. The number of ether oxygens (including phenoxy) is 1. The Labute approximate surface area is 236 Å². The number of amides is 3. The molecule has 7 N–H and O–H groups in total. The van der Waals surface area contributed by atoms with E-state index in [1.807, 2.05) is 67.8 Å². The molecule has 0 aliphatic carbocycles. The summed E-state index contributed by atoms with van der Waals surface area (Å²) in [6.45, 7) is -2.49. The van der Waals surface area contributed by atoms with E-state index in [1.165, 1.54) is 12.0 Å². The Morgan fingerprint density at radius 3 is 1.68 bits per heavy atom. The monoisotopic (exact) mass is 821 g/mol. The van der Waals surface area contributed by atoms with Gasteiger partial charge in [-0.2, -0.15) is 0 Å². The molecule has 0 aliphatic heterocycles. The third-order valence-electron chi connectivity index (χ3n) is 4.33. The lowest BCUT2D eigenvalue weighted by Gasteiger charge is -2.27. The first kappa shape index (κ1) is 31.6. The van der Waals surface area contributed by atoms with Crippen molar-refractivity contribution in [2.24, 2.45) is 0 Å². The van der Waals surface area contributed by atoms with Crippen molar-refractivity contribution in [3.8, 4) is 0 Å². The maximum absolute atomic E-state index is 13.0. The first-order valence-corrected chi connectivity index (χ1v) is 13.0. The van der Waals surface area contributed by atoms with Gasteiger partial charge in [0.2, 0.25) is 0 Å². The van der Waals surface area contributed by atoms with Crippen molar-refractivity contribution in [1.82, 2.24) is 10.6 Å². The van der Waals surface area contributed by atoms with Gasteiger partial charge in [-0.15, -0.1) is 0 Å². The lowest BCUT2D eigenvalue weighted by molar-refractivity contribution is -0.122. The first-order chi connectivity index (χ1) is 16.0. The van der Waals surface area contributed by atoms with Crippen LogP contribution in [0.5, 0.6) is 0 Å². The van der Waals surface area contributed by atoms with Crippen molar-refractivity contribution in [1.29, 1.82) is 0 Å². The fraction of sp³-hybridized carbons (Fsp3) is 0.526. The molecule has 2 unspecified atom stereocenters. The summed E-state index contributed by atoms with van der Waals surface area (Å²) in [5, 5.41) is 51.7. The Kier molecular flexibility index (Phi) is 14.5. The highest BCUT2D eigenvalue weighted by atomic mass is 127. The highest BCUT2D eigenvalue weighted by Gasteiger charge is 2.32. The molecular weight excluding hydrogens is 795 g/mol. The number of nitrogens with zero attached hydrogens (tertiary/aromatic N) is 1. The Hall–Kier alpha value is -0.420. The molecular formula is C19H26I3N3O9. The lowest BCUT2D eigenvalue weighted by atomic mass is 10.1. The number of carbonyl (C=O) groups is 3. The van der Waals surface area contributed by atoms with E-state index in [0.717, 1.165) is 0 Å². The second-order valence-electron chi connectivity index (χ2n) is 6.84. The van der Waals surface area contributed by atoms with Crippen LogP contribution in [0.1, 0.15) is 20.7 Å². The summed E-state index contributed by atoms with van der Waals surface area (Å²) in [4.78, 5) is 40.0. The minimum atomic E-state index is -1.19. The van der Waals surface area contributed by atoms with E-state index in [4.69, 9.17) is 14.9 Å². The molecule has 0 bridgehead atoms. The number of rotatable bonds is 13. The SMILES string of the molecule is COCC(=O)N(CCO)c1c(I)c(C(=O)NCC(O)CO)c(I)c(C(=O)NCC(O)CO)c1I. The van der Waals surface area contributed by atoms with E-state index in [2.05, 4.69) is 10.6 Å². The molecule has 192 valence electrons. The van der Waals surface area contributed by atoms with E-state index in [-0.39, 0.29) is 46.6 Å². The van der Waals surface area contributed by atoms with Crippen molar-refractivity contribution in [2.75, 3.05) is 58.1 Å². The second kappa shape index (κ2) is 15.6. The van der Waals surface area contributed by atoms with Gasteiger partial charge in [-0.3, -0.25) is 14.4 Å². The second-order valence-corrected chi connectivity index (χ2v) is 10.1. The molecule has 0 aromatic heterocycles. The van der Waals surface area contributed by atoms with Crippen molar-refractivity contribution in [2.45, 2.75) is 12.2 Å². The molecule has 0 spiro atoms. The maximum atomic E-state index is 13.0. The quantitative estimate of drug-likeness (QED) is 0.118. The van der Waals surface area contributed by atoms with E-state index < -0.39 is 49.8 Å². The van der Waals surface area contributed by atoms with Crippen LogP contribution >= 0.6 is 67.8 Å². The minimum absolute atomic E-state index is 0.0442. The van der Waals surface area contributed by atoms with E-state index in [1.54, 1.807) is 0 Å². The Bertz CT molecular complexity index is 835. The molecule has 12 nitrogen and oxygen atoms in total. The number of aliphatic hydroxyl groups is 5. The molecule has 1 rings (SSSR count). The molecule has 1 aromatic rings. The number of anilines is 1. The lowest BCUT2D eigenvalue weighted by Crippen LogP contribution is -2.40. The smallest absolute Gasteiger partial charge is 0.253 e. The number of halogens is 3. The molecule has 0 saturated carbocycles. The van der Waals surface area contributed by atoms with Gasteiger partial charge in [-0.25, -0.2) is 0 Å². The fourth-order valence-corrected chi connectivity index (χ4v) is 7.40. The predicted molar refractivity (Wildman–Crippen MR) is 147 cm³/mol. The van der Waals surface area contributed by atoms with Crippen LogP contribution in [0.3, 0.4) is 0 Å². The van der Waals surface area contributed by atoms with E-state index in [9.17, 15) is 29.7 Å². The number of nitrogens with one attached hydrogen (secondary N) is 2. The number of hydrogen-bond acceptors (Lipinski definition) is 9. The minimum Gasteiger partial charge on any atom is -0.395 e. The summed E-state index contributed by atoms with van der Waals surface area (Å²) in [6.07, 6.45) is -2.39. The van der Waals surface area contributed by atoms with Crippen LogP contribution in [0.2, 0.25) is 0 Å². The van der Waals surface area contributed by atoms with Gasteiger partial charge in [-0.05, 0) is 67.8 Å². The average molecular weight is 821 g/mol. The average Bonchev–Trinajstić information content (AvgIpc) is 2.80. The van der Waals surface area contributed by atoms with Crippen molar-refractivity contribution in [3.63, 3.8) is 0 Å².